The van der Waals surface area contributed by atoms with Crippen LogP contribution < -0.4 is 4.74 Å². The summed E-state index contributed by atoms with van der Waals surface area (Å²) in [5.41, 5.74) is 0.779. The standard InChI is InChI=1S/C9H11N3O/c1-3-8-10-11-9-7(13-2)5-4-6-12(8)9/h4-6H,3H2,1-2H3. The molecule has 0 saturated carbocycles. The molecule has 0 radical (unpaired) electrons. The molecule has 2 aromatic heterocycles. The second-order valence-corrected chi connectivity index (χ2v) is 2.74. The first kappa shape index (κ1) is 8.04. The van der Waals surface area contributed by atoms with Crippen LogP contribution in [0, 0.1) is 0 Å². The highest BCUT2D eigenvalue weighted by molar-refractivity contribution is 5.52. The van der Waals surface area contributed by atoms with Gasteiger partial charge in [-0.25, -0.2) is 0 Å². The third-order valence-corrected chi connectivity index (χ3v) is 2.01. The predicted molar refractivity (Wildman–Crippen MR) is 48.9 cm³/mol. The number of aromatic nitrogens is 3. The lowest BCUT2D eigenvalue weighted by Crippen LogP contribution is -1.93. The zero-order valence-electron chi connectivity index (χ0n) is 7.69. The van der Waals surface area contributed by atoms with Crippen molar-refractivity contribution in [3.8, 4) is 5.75 Å². The second-order valence-electron chi connectivity index (χ2n) is 2.74. The van der Waals surface area contributed by atoms with E-state index in [9.17, 15) is 0 Å². The van der Waals surface area contributed by atoms with Crippen molar-refractivity contribution in [3.63, 3.8) is 0 Å². The fourth-order valence-electron chi connectivity index (χ4n) is 1.34. The fourth-order valence-corrected chi connectivity index (χ4v) is 1.34. The van der Waals surface area contributed by atoms with Gasteiger partial charge >= 0.3 is 0 Å². The van der Waals surface area contributed by atoms with Crippen LogP contribution in [0.1, 0.15) is 12.7 Å². The van der Waals surface area contributed by atoms with Crippen molar-refractivity contribution in [2.75, 3.05) is 7.11 Å². The van der Waals surface area contributed by atoms with E-state index in [1.807, 2.05) is 22.7 Å². The largest absolute Gasteiger partial charge is 0.493 e. The lowest BCUT2D eigenvalue weighted by atomic mass is 10.4. The number of methoxy groups -OCH3 is 1. The van der Waals surface area contributed by atoms with Gasteiger partial charge in [-0.3, -0.25) is 4.40 Å². The molecule has 0 N–H and O–H groups in total. The summed E-state index contributed by atoms with van der Waals surface area (Å²) in [6, 6.07) is 3.80. The minimum Gasteiger partial charge on any atom is -0.493 e. The first-order valence-electron chi connectivity index (χ1n) is 4.23. The van der Waals surface area contributed by atoms with Gasteiger partial charge < -0.3 is 4.74 Å². The molecule has 2 aromatic rings. The van der Waals surface area contributed by atoms with E-state index in [1.165, 1.54) is 0 Å². The molecule has 4 nitrogen and oxygen atoms in total. The number of hydrogen-bond acceptors (Lipinski definition) is 3. The molecule has 2 rings (SSSR count). The Balaban J connectivity index is 2.72. The number of hydrogen-bond donors (Lipinski definition) is 0. The van der Waals surface area contributed by atoms with Gasteiger partial charge in [-0.2, -0.15) is 0 Å². The van der Waals surface area contributed by atoms with E-state index in [1.54, 1.807) is 7.11 Å². The lowest BCUT2D eigenvalue weighted by molar-refractivity contribution is 0.416. The molecule has 13 heavy (non-hydrogen) atoms. The van der Waals surface area contributed by atoms with E-state index < -0.39 is 0 Å². The molecule has 68 valence electrons. The van der Waals surface area contributed by atoms with E-state index in [0.717, 1.165) is 23.6 Å². The Bertz CT molecular complexity index is 422. The summed E-state index contributed by atoms with van der Waals surface area (Å²) < 4.78 is 7.11. The van der Waals surface area contributed by atoms with Crippen LogP contribution in [-0.2, 0) is 6.42 Å². The molecule has 0 unspecified atom stereocenters. The Kier molecular flexibility index (Phi) is 1.88. The van der Waals surface area contributed by atoms with Gasteiger partial charge in [-0.05, 0) is 12.1 Å². The summed E-state index contributed by atoms with van der Waals surface area (Å²) in [5.74, 6) is 1.71. The quantitative estimate of drug-likeness (QED) is 0.694. The van der Waals surface area contributed by atoms with E-state index >= 15 is 0 Å². The Hall–Kier alpha value is -1.58. The number of pyridine rings is 1. The second kappa shape index (κ2) is 3.05. The van der Waals surface area contributed by atoms with Crippen molar-refractivity contribution >= 4 is 5.65 Å². The van der Waals surface area contributed by atoms with Crippen LogP contribution in [0.4, 0.5) is 0 Å². The monoisotopic (exact) mass is 177 g/mol. The Morgan fingerprint density at radius 2 is 2.31 bits per heavy atom. The van der Waals surface area contributed by atoms with Crippen molar-refractivity contribution in [3.05, 3.63) is 24.2 Å². The van der Waals surface area contributed by atoms with Gasteiger partial charge in [0.15, 0.2) is 5.75 Å². The number of aryl methyl sites for hydroxylation is 1. The first-order valence-corrected chi connectivity index (χ1v) is 4.23. The smallest absolute Gasteiger partial charge is 0.203 e. The van der Waals surface area contributed by atoms with Gasteiger partial charge in [-0.1, -0.05) is 6.92 Å². The third kappa shape index (κ3) is 1.14. The van der Waals surface area contributed by atoms with Gasteiger partial charge in [0.2, 0.25) is 5.65 Å². The highest BCUT2D eigenvalue weighted by atomic mass is 16.5. The Labute approximate surface area is 76.2 Å². The molecular formula is C9H11N3O. The van der Waals surface area contributed by atoms with Gasteiger partial charge in [0.25, 0.3) is 0 Å². The minimum absolute atomic E-state index is 0.759. The van der Waals surface area contributed by atoms with Gasteiger partial charge in [0, 0.05) is 12.6 Å². The highest BCUT2D eigenvalue weighted by Crippen LogP contribution is 2.17. The molecule has 0 saturated heterocycles. The summed E-state index contributed by atoms with van der Waals surface area (Å²) in [6.07, 6.45) is 2.81. The van der Waals surface area contributed by atoms with Crippen molar-refractivity contribution in [1.29, 1.82) is 0 Å². The topological polar surface area (TPSA) is 39.4 Å². The van der Waals surface area contributed by atoms with Crippen LogP contribution in [0.5, 0.6) is 5.75 Å². The minimum atomic E-state index is 0.759. The van der Waals surface area contributed by atoms with Crippen LogP contribution >= 0.6 is 0 Å². The maximum Gasteiger partial charge on any atom is 0.203 e. The van der Waals surface area contributed by atoms with Crippen LogP contribution in [0.15, 0.2) is 18.3 Å². The molecular weight excluding hydrogens is 166 g/mol. The highest BCUT2D eigenvalue weighted by Gasteiger charge is 2.06. The summed E-state index contributed by atoms with van der Waals surface area (Å²) in [6.45, 7) is 2.05. The van der Waals surface area contributed by atoms with Crippen LogP contribution in [0.25, 0.3) is 5.65 Å². The average Bonchev–Trinajstić information content (AvgIpc) is 2.60. The van der Waals surface area contributed by atoms with Crippen LogP contribution in [0.2, 0.25) is 0 Å². The average molecular weight is 177 g/mol. The zero-order valence-corrected chi connectivity index (χ0v) is 7.69. The molecule has 0 aliphatic rings. The van der Waals surface area contributed by atoms with Gasteiger partial charge in [-0.15, -0.1) is 10.2 Å². The zero-order chi connectivity index (χ0) is 9.26. The van der Waals surface area contributed by atoms with Gasteiger partial charge in [0.05, 0.1) is 7.11 Å². The van der Waals surface area contributed by atoms with E-state index in [4.69, 9.17) is 4.74 Å². The first-order chi connectivity index (χ1) is 6.36. The van der Waals surface area contributed by atoms with Crippen LogP contribution in [-0.4, -0.2) is 21.7 Å². The van der Waals surface area contributed by atoms with Crippen molar-refractivity contribution in [2.45, 2.75) is 13.3 Å². The lowest BCUT2D eigenvalue weighted by Gasteiger charge is -2.00. The summed E-state index contributed by atoms with van der Waals surface area (Å²) >= 11 is 0. The number of fused-ring (bicyclic) bond motifs is 1. The molecule has 0 atom stereocenters. The summed E-state index contributed by atoms with van der Waals surface area (Å²) in [5, 5.41) is 8.10. The molecule has 2 heterocycles. The molecule has 0 aliphatic heterocycles. The molecule has 0 fully saturated rings. The Morgan fingerprint density at radius 1 is 1.46 bits per heavy atom. The van der Waals surface area contributed by atoms with Gasteiger partial charge in [0.1, 0.15) is 5.82 Å². The molecule has 4 heteroatoms. The maximum absolute atomic E-state index is 5.16. The van der Waals surface area contributed by atoms with E-state index in [2.05, 4.69) is 17.1 Å². The van der Waals surface area contributed by atoms with E-state index in [-0.39, 0.29) is 0 Å². The maximum atomic E-state index is 5.16. The molecule has 0 aliphatic carbocycles. The number of ether oxygens (including phenoxy) is 1. The van der Waals surface area contributed by atoms with Crippen LogP contribution in [0.3, 0.4) is 0 Å². The van der Waals surface area contributed by atoms with E-state index in [0.29, 0.717) is 0 Å². The molecule has 0 amide bonds. The fraction of sp³-hybridized carbons (Fsp3) is 0.333. The normalized spacial score (nSPS) is 10.6. The Morgan fingerprint density at radius 3 is 3.00 bits per heavy atom. The van der Waals surface area contributed by atoms with Crippen molar-refractivity contribution in [1.82, 2.24) is 14.6 Å². The summed E-state index contributed by atoms with van der Waals surface area (Å²) in [7, 11) is 1.63. The molecule has 0 aromatic carbocycles. The van der Waals surface area contributed by atoms with Crippen molar-refractivity contribution in [2.24, 2.45) is 0 Å². The number of rotatable bonds is 2. The van der Waals surface area contributed by atoms with Crippen molar-refractivity contribution < 1.29 is 4.74 Å². The third-order valence-electron chi connectivity index (χ3n) is 2.01. The number of nitrogens with zero attached hydrogens (tertiary/aromatic N) is 3. The summed E-state index contributed by atoms with van der Waals surface area (Å²) in [4.78, 5) is 0. The predicted octanol–water partition coefficient (Wildman–Crippen LogP) is 1.30. The SMILES string of the molecule is CCc1nnc2c(OC)cccn12. The molecule has 0 bridgehead atoms. The molecule has 0 spiro atoms.